The highest BCUT2D eigenvalue weighted by Crippen LogP contribution is 2.16. The molecule has 0 atom stereocenters. The first-order valence-electron chi connectivity index (χ1n) is 6.32. The monoisotopic (exact) mass is 284 g/mol. The fourth-order valence-electron chi connectivity index (χ4n) is 1.81. The number of nitrogens with one attached hydrogen (secondary N) is 2. The van der Waals surface area contributed by atoms with Gasteiger partial charge in [-0.25, -0.2) is 4.98 Å². The summed E-state index contributed by atoms with van der Waals surface area (Å²) in [6, 6.07) is 6.95. The molecule has 0 bridgehead atoms. The van der Waals surface area contributed by atoms with Gasteiger partial charge < -0.3 is 9.73 Å². The number of aromatic nitrogens is 5. The van der Waals surface area contributed by atoms with Crippen LogP contribution in [0.25, 0.3) is 11.5 Å². The van der Waals surface area contributed by atoms with E-state index >= 15 is 0 Å². The van der Waals surface area contributed by atoms with Crippen LogP contribution < -0.4 is 5.32 Å². The number of carbonyl (C=O) groups excluding carboxylic acids is 1. The summed E-state index contributed by atoms with van der Waals surface area (Å²) < 4.78 is 5.09. The Morgan fingerprint density at radius 2 is 2.14 bits per heavy atom. The average molecular weight is 284 g/mol. The van der Waals surface area contributed by atoms with Gasteiger partial charge in [0.2, 0.25) is 12.3 Å². The molecule has 3 aromatic rings. The van der Waals surface area contributed by atoms with Gasteiger partial charge in [-0.3, -0.25) is 9.89 Å². The minimum Gasteiger partial charge on any atom is -0.423 e. The van der Waals surface area contributed by atoms with E-state index < -0.39 is 0 Å². The lowest BCUT2D eigenvalue weighted by atomic mass is 10.1. The van der Waals surface area contributed by atoms with Gasteiger partial charge in [0.15, 0.2) is 0 Å². The summed E-state index contributed by atoms with van der Waals surface area (Å²) in [5.41, 5.74) is 1.33. The number of H-pyrrole nitrogens is 1. The van der Waals surface area contributed by atoms with Gasteiger partial charge in [-0.1, -0.05) is 0 Å². The molecule has 1 aromatic carbocycles. The first kappa shape index (κ1) is 13.0. The Bertz CT molecular complexity index is 691. The molecule has 0 radical (unpaired) electrons. The first-order valence-corrected chi connectivity index (χ1v) is 6.32. The molecule has 8 nitrogen and oxygen atoms in total. The van der Waals surface area contributed by atoms with E-state index in [-0.39, 0.29) is 5.91 Å². The molecule has 1 amide bonds. The van der Waals surface area contributed by atoms with E-state index in [1.165, 1.54) is 12.7 Å². The predicted molar refractivity (Wildman–Crippen MR) is 72.2 cm³/mol. The molecule has 0 unspecified atom stereocenters. The highest BCUT2D eigenvalue weighted by atomic mass is 16.4. The summed E-state index contributed by atoms with van der Waals surface area (Å²) >= 11 is 0. The van der Waals surface area contributed by atoms with Crippen molar-refractivity contribution in [3.05, 3.63) is 48.4 Å². The van der Waals surface area contributed by atoms with Crippen molar-refractivity contribution in [2.24, 2.45) is 0 Å². The van der Waals surface area contributed by atoms with Gasteiger partial charge in [0.1, 0.15) is 12.2 Å². The van der Waals surface area contributed by atoms with Gasteiger partial charge in [-0.05, 0) is 24.3 Å². The molecule has 8 heteroatoms. The van der Waals surface area contributed by atoms with Gasteiger partial charge in [-0.2, -0.15) is 5.10 Å². The van der Waals surface area contributed by atoms with Crippen LogP contribution in [0.3, 0.4) is 0 Å². The Morgan fingerprint density at radius 1 is 1.29 bits per heavy atom. The fourth-order valence-corrected chi connectivity index (χ4v) is 1.81. The predicted octanol–water partition coefficient (Wildman–Crippen LogP) is 0.827. The minimum absolute atomic E-state index is 0.147. The zero-order chi connectivity index (χ0) is 14.5. The van der Waals surface area contributed by atoms with Crippen LogP contribution >= 0.6 is 0 Å². The van der Waals surface area contributed by atoms with Crippen LogP contribution in [-0.2, 0) is 6.42 Å². The van der Waals surface area contributed by atoms with E-state index in [9.17, 15) is 4.79 Å². The van der Waals surface area contributed by atoms with Crippen LogP contribution in [0.2, 0.25) is 0 Å². The molecule has 0 aliphatic heterocycles. The summed E-state index contributed by atoms with van der Waals surface area (Å²) in [6.45, 7) is 0.486. The van der Waals surface area contributed by atoms with Crippen molar-refractivity contribution in [2.45, 2.75) is 6.42 Å². The minimum atomic E-state index is -0.147. The van der Waals surface area contributed by atoms with Gasteiger partial charge >= 0.3 is 0 Å². The van der Waals surface area contributed by atoms with Crippen LogP contribution in [0.15, 0.2) is 41.4 Å². The molecule has 0 saturated carbocycles. The van der Waals surface area contributed by atoms with Crippen molar-refractivity contribution in [1.29, 1.82) is 0 Å². The van der Waals surface area contributed by atoms with E-state index in [4.69, 9.17) is 4.42 Å². The number of rotatable bonds is 5. The quantitative estimate of drug-likeness (QED) is 0.718. The third kappa shape index (κ3) is 3.11. The SMILES string of the molecule is O=C(NCCc1ncn[nH]1)c1ccc(-c2nnco2)cc1. The fraction of sp³-hybridized carbons (Fsp3) is 0.154. The van der Waals surface area contributed by atoms with Crippen molar-refractivity contribution in [1.82, 2.24) is 30.7 Å². The number of amides is 1. The molecule has 0 spiro atoms. The third-order valence-corrected chi connectivity index (χ3v) is 2.87. The van der Waals surface area contributed by atoms with Gasteiger partial charge in [0.05, 0.1) is 0 Å². The van der Waals surface area contributed by atoms with E-state index in [0.717, 1.165) is 11.4 Å². The topological polar surface area (TPSA) is 110 Å². The zero-order valence-corrected chi connectivity index (χ0v) is 11.0. The highest BCUT2D eigenvalue weighted by molar-refractivity contribution is 5.94. The maximum absolute atomic E-state index is 12.0. The van der Waals surface area contributed by atoms with Crippen LogP contribution in [0.1, 0.15) is 16.2 Å². The molecule has 0 aliphatic carbocycles. The summed E-state index contributed by atoms with van der Waals surface area (Å²) in [6.07, 6.45) is 3.30. The smallest absolute Gasteiger partial charge is 0.251 e. The number of carbonyl (C=O) groups is 1. The molecule has 106 valence electrons. The molecule has 3 rings (SSSR count). The van der Waals surface area contributed by atoms with E-state index in [1.54, 1.807) is 24.3 Å². The van der Waals surface area contributed by atoms with Crippen molar-refractivity contribution in [3.63, 3.8) is 0 Å². The lowest BCUT2D eigenvalue weighted by molar-refractivity contribution is 0.0954. The molecule has 0 aliphatic rings. The second kappa shape index (κ2) is 5.95. The van der Waals surface area contributed by atoms with E-state index in [1.807, 2.05) is 0 Å². The normalized spacial score (nSPS) is 10.5. The molecule has 2 N–H and O–H groups in total. The Balaban J connectivity index is 1.57. The van der Waals surface area contributed by atoms with Crippen LogP contribution in [0, 0.1) is 0 Å². The van der Waals surface area contributed by atoms with Crippen LogP contribution in [0.4, 0.5) is 0 Å². The van der Waals surface area contributed by atoms with Crippen molar-refractivity contribution < 1.29 is 9.21 Å². The van der Waals surface area contributed by atoms with E-state index in [0.29, 0.717) is 24.4 Å². The zero-order valence-electron chi connectivity index (χ0n) is 11.0. The first-order chi connectivity index (χ1) is 10.3. The Kier molecular flexibility index (Phi) is 3.68. The Hall–Kier alpha value is -3.03. The van der Waals surface area contributed by atoms with Crippen molar-refractivity contribution >= 4 is 5.91 Å². The highest BCUT2D eigenvalue weighted by Gasteiger charge is 2.08. The number of aromatic amines is 1. The van der Waals surface area contributed by atoms with Crippen LogP contribution in [-0.4, -0.2) is 37.8 Å². The molecule has 0 saturated heterocycles. The molecule has 2 aromatic heterocycles. The summed E-state index contributed by atoms with van der Waals surface area (Å²) in [5, 5.41) is 16.7. The van der Waals surface area contributed by atoms with Gasteiger partial charge in [0.25, 0.3) is 5.91 Å². The largest absolute Gasteiger partial charge is 0.423 e. The number of hydrogen-bond acceptors (Lipinski definition) is 6. The number of nitrogens with zero attached hydrogens (tertiary/aromatic N) is 4. The third-order valence-electron chi connectivity index (χ3n) is 2.87. The summed E-state index contributed by atoms with van der Waals surface area (Å²) in [5.74, 6) is 1.01. The summed E-state index contributed by atoms with van der Waals surface area (Å²) in [7, 11) is 0. The molecular formula is C13H12N6O2. The molecular weight excluding hydrogens is 272 g/mol. The Labute approximate surface area is 119 Å². The lowest BCUT2D eigenvalue weighted by Gasteiger charge is -2.04. The van der Waals surface area contributed by atoms with Gasteiger partial charge in [-0.15, -0.1) is 10.2 Å². The molecule has 2 heterocycles. The van der Waals surface area contributed by atoms with Crippen molar-refractivity contribution in [3.8, 4) is 11.5 Å². The van der Waals surface area contributed by atoms with Crippen LogP contribution in [0.5, 0.6) is 0 Å². The molecule has 0 fully saturated rings. The van der Waals surface area contributed by atoms with Gasteiger partial charge in [0, 0.05) is 24.1 Å². The number of benzene rings is 1. The lowest BCUT2D eigenvalue weighted by Crippen LogP contribution is -2.25. The molecule has 21 heavy (non-hydrogen) atoms. The second-order valence-corrected chi connectivity index (χ2v) is 4.26. The number of hydrogen-bond donors (Lipinski definition) is 2. The van der Waals surface area contributed by atoms with Crippen molar-refractivity contribution in [2.75, 3.05) is 6.54 Å². The standard InChI is InChI=1S/C13H12N6O2/c20-12(14-6-5-11-15-7-16-18-11)9-1-3-10(4-2-9)13-19-17-8-21-13/h1-4,7-8H,5-6H2,(H,14,20)(H,15,16,18). The maximum atomic E-state index is 12.0. The second-order valence-electron chi connectivity index (χ2n) is 4.26. The van der Waals surface area contributed by atoms with E-state index in [2.05, 4.69) is 30.7 Å². The maximum Gasteiger partial charge on any atom is 0.251 e. The average Bonchev–Trinajstić information content (AvgIpc) is 3.21. The summed E-state index contributed by atoms with van der Waals surface area (Å²) in [4.78, 5) is 15.9. The Morgan fingerprint density at radius 3 is 2.81 bits per heavy atom.